The molecule has 4 bridgehead atoms. The van der Waals surface area contributed by atoms with E-state index in [1.165, 1.54) is 18.2 Å². The summed E-state index contributed by atoms with van der Waals surface area (Å²) in [5.74, 6) is -3.05. The molecule has 10 nitrogen and oxygen atoms in total. The fourth-order valence-corrected chi connectivity index (χ4v) is 3.27. The first-order valence-electron chi connectivity index (χ1n) is 11.0. The van der Waals surface area contributed by atoms with Crippen LogP contribution in [0.3, 0.4) is 0 Å². The molecule has 10 heteroatoms. The van der Waals surface area contributed by atoms with E-state index in [1.54, 1.807) is 45.9 Å². The van der Waals surface area contributed by atoms with Crippen molar-refractivity contribution >= 4 is 23.8 Å². The number of amides is 2. The van der Waals surface area contributed by atoms with E-state index >= 15 is 0 Å². The number of carbonyl (C=O) groups is 4. The lowest BCUT2D eigenvalue weighted by Gasteiger charge is -2.22. The Morgan fingerprint density at radius 3 is 1.53 bits per heavy atom. The minimum absolute atomic E-state index is 0.0507. The number of hydrogen-bond acceptors (Lipinski definition) is 8. The number of aromatic nitrogens is 2. The summed E-state index contributed by atoms with van der Waals surface area (Å²) in [5, 5.41) is 5.27. The molecule has 2 amide bonds. The van der Waals surface area contributed by atoms with Gasteiger partial charge in [-0.15, -0.1) is 0 Å². The second kappa shape index (κ2) is 10.9. The molecule has 2 atom stereocenters. The van der Waals surface area contributed by atoms with Gasteiger partial charge in [-0.2, -0.15) is 0 Å². The van der Waals surface area contributed by atoms with E-state index in [2.05, 4.69) is 20.6 Å². The Kier molecular flexibility index (Phi) is 7.93. The van der Waals surface area contributed by atoms with Crippen molar-refractivity contribution in [2.24, 2.45) is 11.8 Å². The topological polar surface area (TPSA) is 137 Å². The molecule has 1 aliphatic rings. The van der Waals surface area contributed by atoms with Gasteiger partial charge in [0.1, 0.15) is 36.7 Å². The van der Waals surface area contributed by atoms with Crippen molar-refractivity contribution < 1.29 is 28.7 Å². The Bertz CT molecular complexity index is 1010. The van der Waals surface area contributed by atoms with Gasteiger partial charge in [0.25, 0.3) is 11.8 Å². The Morgan fingerprint density at radius 1 is 0.706 bits per heavy atom. The molecule has 3 rings (SSSR count). The highest BCUT2D eigenvalue weighted by atomic mass is 16.5. The van der Waals surface area contributed by atoms with Crippen molar-refractivity contribution in [2.45, 2.75) is 53.0 Å². The summed E-state index contributed by atoms with van der Waals surface area (Å²) >= 11 is 0. The average Bonchev–Trinajstić information content (AvgIpc) is 2.82. The highest BCUT2D eigenvalue weighted by Crippen LogP contribution is 2.12. The highest BCUT2D eigenvalue weighted by Gasteiger charge is 2.29. The van der Waals surface area contributed by atoms with Crippen LogP contribution in [0.25, 0.3) is 0 Å². The molecule has 0 aliphatic carbocycles. The largest absolute Gasteiger partial charge is 0.458 e. The minimum Gasteiger partial charge on any atom is -0.458 e. The Labute approximate surface area is 197 Å². The number of nitrogens with one attached hydrogen (secondary N) is 2. The summed E-state index contributed by atoms with van der Waals surface area (Å²) < 4.78 is 10.8. The minimum atomic E-state index is -0.930. The van der Waals surface area contributed by atoms with Crippen molar-refractivity contribution in [3.05, 3.63) is 59.2 Å². The van der Waals surface area contributed by atoms with Crippen molar-refractivity contribution in [2.75, 3.05) is 0 Å². The van der Waals surface area contributed by atoms with Crippen LogP contribution in [0.5, 0.6) is 0 Å². The molecular weight excluding hydrogens is 440 g/mol. The normalized spacial score (nSPS) is 20.1. The smallest absolute Gasteiger partial charge is 0.329 e. The van der Waals surface area contributed by atoms with E-state index in [4.69, 9.17) is 9.47 Å². The first-order chi connectivity index (χ1) is 16.2. The lowest BCUT2D eigenvalue weighted by molar-refractivity contribution is -0.149. The zero-order valence-corrected chi connectivity index (χ0v) is 19.5. The van der Waals surface area contributed by atoms with Crippen LogP contribution in [0.1, 0.15) is 60.1 Å². The maximum absolute atomic E-state index is 12.8. The molecule has 0 fully saturated rings. The number of hydrogen-bond donors (Lipinski definition) is 2. The average molecular weight is 469 g/mol. The number of esters is 2. The van der Waals surface area contributed by atoms with Gasteiger partial charge < -0.3 is 20.1 Å². The predicted molar refractivity (Wildman–Crippen MR) is 120 cm³/mol. The zero-order chi connectivity index (χ0) is 24.8. The summed E-state index contributed by atoms with van der Waals surface area (Å²) in [6.07, 6.45) is 0. The van der Waals surface area contributed by atoms with Crippen LogP contribution in [0.15, 0.2) is 36.4 Å². The predicted octanol–water partition coefficient (Wildman–Crippen LogP) is 1.79. The molecule has 2 aromatic rings. The summed E-state index contributed by atoms with van der Waals surface area (Å²) in [5.41, 5.74) is 0.815. The van der Waals surface area contributed by atoms with Crippen molar-refractivity contribution in [3.63, 3.8) is 0 Å². The highest BCUT2D eigenvalue weighted by molar-refractivity contribution is 5.98. The van der Waals surface area contributed by atoms with Gasteiger partial charge in [0.2, 0.25) is 0 Å². The van der Waals surface area contributed by atoms with Gasteiger partial charge in [-0.3, -0.25) is 14.6 Å². The number of nitrogens with zero attached hydrogens (tertiary/aromatic N) is 2. The quantitative estimate of drug-likeness (QED) is 0.637. The molecule has 2 aromatic heterocycles. The molecule has 0 radical (unpaired) electrons. The number of fused-ring (bicyclic) bond motifs is 4. The van der Waals surface area contributed by atoms with Gasteiger partial charge in [-0.05, 0) is 36.1 Å². The Morgan fingerprint density at radius 2 is 1.12 bits per heavy atom. The molecule has 34 heavy (non-hydrogen) atoms. The van der Waals surface area contributed by atoms with Crippen molar-refractivity contribution in [1.82, 2.24) is 20.6 Å². The lowest BCUT2D eigenvalue weighted by atomic mass is 10.0. The fraction of sp³-hybridized carbons (Fsp3) is 0.417. The number of cyclic esters (lactones) is 2. The van der Waals surface area contributed by atoms with Crippen LogP contribution in [0.4, 0.5) is 0 Å². The van der Waals surface area contributed by atoms with Gasteiger partial charge in [0.15, 0.2) is 0 Å². The molecule has 2 N–H and O–H groups in total. The zero-order valence-electron chi connectivity index (χ0n) is 19.5. The number of pyridine rings is 2. The van der Waals surface area contributed by atoms with Crippen LogP contribution >= 0.6 is 0 Å². The summed E-state index contributed by atoms with van der Waals surface area (Å²) in [6.45, 7) is 6.86. The Balaban J connectivity index is 1.96. The maximum Gasteiger partial charge on any atom is 0.329 e. The third kappa shape index (κ3) is 6.15. The van der Waals surface area contributed by atoms with Crippen LogP contribution in [-0.2, 0) is 32.3 Å². The van der Waals surface area contributed by atoms with Gasteiger partial charge in [-0.25, -0.2) is 14.6 Å². The molecule has 1 aliphatic heterocycles. The van der Waals surface area contributed by atoms with Gasteiger partial charge >= 0.3 is 11.9 Å². The SMILES string of the molecule is CC(C)[C@@H]1NC(=O)c2cccc(n2)C(=O)N[C@@H](C(C)C)C(=O)OCc2cccc(n2)COC1=O. The molecule has 180 valence electrons. The van der Waals surface area contributed by atoms with Crippen LogP contribution < -0.4 is 10.6 Å². The standard InChI is InChI=1S/C24H28N4O6/c1-13(2)19-23(31)33-11-15-7-5-8-16(25-15)12-34-24(32)20(14(3)4)28-22(30)18-10-6-9-17(26-18)21(29)27-19/h5-10,13-14,19-20H,11-12H2,1-4H3,(H,27,29)(H,28,30)/t19-,20-/m0/s1. The third-order valence-corrected chi connectivity index (χ3v) is 5.22. The van der Waals surface area contributed by atoms with E-state index < -0.39 is 35.8 Å². The summed E-state index contributed by atoms with van der Waals surface area (Å²) in [7, 11) is 0. The van der Waals surface area contributed by atoms with Gasteiger partial charge in [0, 0.05) is 0 Å². The van der Waals surface area contributed by atoms with Crippen LogP contribution in [-0.4, -0.2) is 45.8 Å². The van der Waals surface area contributed by atoms with E-state index in [0.29, 0.717) is 11.4 Å². The second-order valence-corrected chi connectivity index (χ2v) is 8.63. The lowest BCUT2D eigenvalue weighted by Crippen LogP contribution is -2.46. The van der Waals surface area contributed by atoms with Gasteiger partial charge in [0.05, 0.1) is 11.4 Å². The number of carbonyl (C=O) groups excluding carboxylic acids is 4. The molecular formula is C24H28N4O6. The fourth-order valence-electron chi connectivity index (χ4n) is 3.27. The molecule has 0 aromatic carbocycles. The first-order valence-corrected chi connectivity index (χ1v) is 11.0. The molecule has 3 heterocycles. The molecule has 0 saturated heterocycles. The Hall–Kier alpha value is -3.82. The van der Waals surface area contributed by atoms with Crippen LogP contribution in [0.2, 0.25) is 0 Å². The van der Waals surface area contributed by atoms with E-state index in [-0.39, 0.29) is 36.4 Å². The van der Waals surface area contributed by atoms with E-state index in [0.717, 1.165) is 0 Å². The molecule has 0 saturated carbocycles. The molecule has 0 spiro atoms. The number of ether oxygens (including phenoxy) is 2. The second-order valence-electron chi connectivity index (χ2n) is 8.63. The summed E-state index contributed by atoms with van der Waals surface area (Å²) in [4.78, 5) is 59.5. The van der Waals surface area contributed by atoms with Crippen LogP contribution in [0, 0.1) is 11.8 Å². The number of rotatable bonds is 2. The summed E-state index contributed by atoms with van der Waals surface area (Å²) in [6, 6.07) is 7.55. The van der Waals surface area contributed by atoms with Crippen molar-refractivity contribution in [1.29, 1.82) is 0 Å². The monoisotopic (exact) mass is 468 g/mol. The maximum atomic E-state index is 12.8. The van der Waals surface area contributed by atoms with Crippen molar-refractivity contribution in [3.8, 4) is 0 Å². The third-order valence-electron chi connectivity index (χ3n) is 5.22. The van der Waals surface area contributed by atoms with E-state index in [9.17, 15) is 19.2 Å². The van der Waals surface area contributed by atoms with E-state index in [1.807, 2.05) is 0 Å². The van der Waals surface area contributed by atoms with Gasteiger partial charge in [-0.1, -0.05) is 39.8 Å². The molecule has 0 unspecified atom stereocenters. The first kappa shape index (κ1) is 24.8.